The maximum atomic E-state index is 8.98. The third kappa shape index (κ3) is 2.29. The molecule has 0 unspecified atom stereocenters. The first kappa shape index (κ1) is 8.05. The second-order valence-electron chi connectivity index (χ2n) is 2.26. The van der Waals surface area contributed by atoms with Gasteiger partial charge in [0, 0.05) is 11.3 Å². The Kier molecular flexibility index (Phi) is 2.72. The minimum Gasteiger partial charge on any atom is -0.393 e. The zero-order chi connectivity index (χ0) is 7.56. The predicted octanol–water partition coefficient (Wildman–Crippen LogP) is 2.32. The van der Waals surface area contributed by atoms with Crippen LogP contribution in [-0.4, -0.2) is 11.2 Å². The Hall–Kier alpha value is -0.0500. The molecule has 3 heteroatoms. The van der Waals surface area contributed by atoms with Crippen LogP contribution in [0.4, 0.5) is 0 Å². The van der Waals surface area contributed by atoms with E-state index in [-0.39, 0.29) is 6.10 Å². The van der Waals surface area contributed by atoms with Crippen LogP contribution in [0.5, 0.6) is 0 Å². The maximum absolute atomic E-state index is 8.98. The van der Waals surface area contributed by atoms with Gasteiger partial charge in [0.1, 0.15) is 0 Å². The minimum absolute atomic E-state index is 0.269. The van der Waals surface area contributed by atoms with Crippen LogP contribution in [0, 0.1) is 0 Å². The summed E-state index contributed by atoms with van der Waals surface area (Å²) in [5.41, 5.74) is 0. The van der Waals surface area contributed by atoms with Crippen molar-refractivity contribution in [2.45, 2.75) is 19.4 Å². The third-order valence-electron chi connectivity index (χ3n) is 1.13. The van der Waals surface area contributed by atoms with Crippen molar-refractivity contribution in [3.8, 4) is 0 Å². The zero-order valence-corrected chi connectivity index (χ0v) is 7.25. The smallest absolute Gasteiger partial charge is 0.0931 e. The van der Waals surface area contributed by atoms with Crippen LogP contribution in [0.3, 0.4) is 0 Å². The Balaban J connectivity index is 2.58. The van der Waals surface area contributed by atoms with E-state index in [0.29, 0.717) is 6.42 Å². The second-order valence-corrected chi connectivity index (χ2v) is 4.06. The first-order chi connectivity index (χ1) is 4.68. The quantitative estimate of drug-likeness (QED) is 0.734. The SMILES string of the molecule is C[C@H](O)Cc1ccc(Cl)s1. The molecule has 1 nitrogen and oxygen atoms in total. The Labute approximate surface area is 69.3 Å². The number of aliphatic hydroxyl groups excluding tert-OH is 1. The number of rotatable bonds is 2. The van der Waals surface area contributed by atoms with Crippen LogP contribution in [0.15, 0.2) is 12.1 Å². The van der Waals surface area contributed by atoms with E-state index in [1.807, 2.05) is 12.1 Å². The number of thiophene rings is 1. The highest BCUT2D eigenvalue weighted by Crippen LogP contribution is 2.22. The predicted molar refractivity (Wildman–Crippen MR) is 44.7 cm³/mol. The lowest BCUT2D eigenvalue weighted by Gasteiger charge is -1.98. The first-order valence-electron chi connectivity index (χ1n) is 3.11. The Bertz CT molecular complexity index is 207. The van der Waals surface area contributed by atoms with Gasteiger partial charge in [-0.15, -0.1) is 11.3 Å². The van der Waals surface area contributed by atoms with E-state index in [9.17, 15) is 0 Å². The van der Waals surface area contributed by atoms with Gasteiger partial charge < -0.3 is 5.11 Å². The molecular formula is C7H9ClOS. The molecule has 0 saturated carbocycles. The van der Waals surface area contributed by atoms with E-state index in [1.54, 1.807) is 6.92 Å². The van der Waals surface area contributed by atoms with Crippen LogP contribution in [0.25, 0.3) is 0 Å². The third-order valence-corrected chi connectivity index (χ3v) is 2.38. The summed E-state index contributed by atoms with van der Waals surface area (Å²) in [5, 5.41) is 8.98. The molecule has 0 aliphatic carbocycles. The van der Waals surface area contributed by atoms with E-state index in [2.05, 4.69) is 0 Å². The number of aliphatic hydroxyl groups is 1. The fourth-order valence-electron chi connectivity index (χ4n) is 0.753. The summed E-state index contributed by atoms with van der Waals surface area (Å²) < 4.78 is 0.788. The summed E-state index contributed by atoms with van der Waals surface area (Å²) in [6, 6.07) is 3.80. The summed E-state index contributed by atoms with van der Waals surface area (Å²) >= 11 is 7.20. The summed E-state index contributed by atoms with van der Waals surface area (Å²) in [5.74, 6) is 0. The molecule has 1 atom stereocenters. The fourth-order valence-corrected chi connectivity index (χ4v) is 1.96. The molecule has 0 bridgehead atoms. The Morgan fingerprint density at radius 2 is 2.40 bits per heavy atom. The molecule has 0 amide bonds. The molecule has 10 heavy (non-hydrogen) atoms. The summed E-state index contributed by atoms with van der Waals surface area (Å²) in [7, 11) is 0. The van der Waals surface area contributed by atoms with Crippen molar-refractivity contribution in [2.24, 2.45) is 0 Å². The highest BCUT2D eigenvalue weighted by atomic mass is 35.5. The molecule has 0 aliphatic rings. The van der Waals surface area contributed by atoms with Gasteiger partial charge in [0.2, 0.25) is 0 Å². The zero-order valence-electron chi connectivity index (χ0n) is 5.67. The molecule has 0 aliphatic heterocycles. The summed E-state index contributed by atoms with van der Waals surface area (Å²) in [6.45, 7) is 1.77. The average Bonchev–Trinajstić information content (AvgIpc) is 2.13. The second kappa shape index (κ2) is 3.37. The topological polar surface area (TPSA) is 20.2 Å². The molecule has 0 saturated heterocycles. The van der Waals surface area contributed by atoms with Crippen molar-refractivity contribution < 1.29 is 5.11 Å². The molecule has 0 spiro atoms. The number of hydrogen-bond acceptors (Lipinski definition) is 2. The molecular weight excluding hydrogens is 168 g/mol. The lowest BCUT2D eigenvalue weighted by atomic mass is 10.2. The minimum atomic E-state index is -0.269. The molecule has 0 fully saturated rings. The van der Waals surface area contributed by atoms with Crippen LogP contribution < -0.4 is 0 Å². The van der Waals surface area contributed by atoms with Crippen molar-refractivity contribution in [2.75, 3.05) is 0 Å². The monoisotopic (exact) mass is 176 g/mol. The largest absolute Gasteiger partial charge is 0.393 e. The molecule has 0 aromatic carbocycles. The molecule has 0 radical (unpaired) electrons. The van der Waals surface area contributed by atoms with E-state index < -0.39 is 0 Å². The summed E-state index contributed by atoms with van der Waals surface area (Å²) in [6.07, 6.45) is 0.437. The lowest BCUT2D eigenvalue weighted by molar-refractivity contribution is 0.196. The normalized spacial score (nSPS) is 13.5. The molecule has 1 aromatic heterocycles. The Morgan fingerprint density at radius 1 is 1.70 bits per heavy atom. The van der Waals surface area contributed by atoms with Gasteiger partial charge >= 0.3 is 0 Å². The van der Waals surface area contributed by atoms with Crippen LogP contribution in [0.2, 0.25) is 4.34 Å². The highest BCUT2D eigenvalue weighted by Gasteiger charge is 2.00. The van der Waals surface area contributed by atoms with E-state index in [4.69, 9.17) is 16.7 Å². The van der Waals surface area contributed by atoms with Gasteiger partial charge in [-0.25, -0.2) is 0 Å². The molecule has 1 rings (SSSR count). The van der Waals surface area contributed by atoms with Gasteiger partial charge in [0.15, 0.2) is 0 Å². The fraction of sp³-hybridized carbons (Fsp3) is 0.429. The molecule has 1 N–H and O–H groups in total. The van der Waals surface area contributed by atoms with Crippen molar-refractivity contribution in [3.05, 3.63) is 21.3 Å². The van der Waals surface area contributed by atoms with Crippen LogP contribution >= 0.6 is 22.9 Å². The van der Waals surface area contributed by atoms with Gasteiger partial charge in [-0.3, -0.25) is 0 Å². The number of hydrogen-bond donors (Lipinski definition) is 1. The van der Waals surface area contributed by atoms with E-state index >= 15 is 0 Å². The van der Waals surface area contributed by atoms with Gasteiger partial charge in [-0.1, -0.05) is 11.6 Å². The average molecular weight is 177 g/mol. The van der Waals surface area contributed by atoms with Crippen molar-refractivity contribution in [3.63, 3.8) is 0 Å². The van der Waals surface area contributed by atoms with Crippen LogP contribution in [-0.2, 0) is 6.42 Å². The van der Waals surface area contributed by atoms with E-state index in [1.165, 1.54) is 11.3 Å². The molecule has 1 heterocycles. The molecule has 1 aromatic rings. The lowest BCUT2D eigenvalue weighted by Crippen LogP contribution is -2.01. The number of halogens is 1. The van der Waals surface area contributed by atoms with E-state index in [0.717, 1.165) is 9.21 Å². The van der Waals surface area contributed by atoms with Crippen LogP contribution in [0.1, 0.15) is 11.8 Å². The van der Waals surface area contributed by atoms with Gasteiger partial charge in [-0.2, -0.15) is 0 Å². The van der Waals surface area contributed by atoms with Crippen molar-refractivity contribution in [1.29, 1.82) is 0 Å². The van der Waals surface area contributed by atoms with Crippen molar-refractivity contribution >= 4 is 22.9 Å². The maximum Gasteiger partial charge on any atom is 0.0931 e. The highest BCUT2D eigenvalue weighted by molar-refractivity contribution is 7.16. The standard InChI is InChI=1S/C7H9ClOS/c1-5(9)4-6-2-3-7(8)10-6/h2-3,5,9H,4H2,1H3/t5-/m0/s1. The first-order valence-corrected chi connectivity index (χ1v) is 4.30. The van der Waals surface area contributed by atoms with Crippen molar-refractivity contribution in [1.82, 2.24) is 0 Å². The molecule has 56 valence electrons. The van der Waals surface area contributed by atoms with Gasteiger partial charge in [-0.05, 0) is 19.1 Å². The van der Waals surface area contributed by atoms with Gasteiger partial charge in [0.05, 0.1) is 10.4 Å². The summed E-state index contributed by atoms with van der Waals surface area (Å²) in [4.78, 5) is 1.14. The van der Waals surface area contributed by atoms with Gasteiger partial charge in [0.25, 0.3) is 0 Å². The Morgan fingerprint density at radius 3 is 2.80 bits per heavy atom.